The zero-order valence-corrected chi connectivity index (χ0v) is 12.1. The predicted octanol–water partition coefficient (Wildman–Crippen LogP) is 2.38. The number of halogens is 1. The smallest absolute Gasteiger partial charge is 0.311 e. The van der Waals surface area contributed by atoms with Crippen LogP contribution in [0.25, 0.3) is 0 Å². The van der Waals surface area contributed by atoms with Crippen LogP contribution in [-0.2, 0) is 14.6 Å². The van der Waals surface area contributed by atoms with E-state index in [4.69, 9.17) is 16.3 Å². The van der Waals surface area contributed by atoms with Crippen LogP contribution in [0.5, 0.6) is 5.75 Å². The van der Waals surface area contributed by atoms with Crippen LogP contribution in [-0.4, -0.2) is 25.9 Å². The van der Waals surface area contributed by atoms with Gasteiger partial charge < -0.3 is 4.74 Å². The molecule has 0 N–H and O–H groups in total. The topological polar surface area (TPSA) is 60.4 Å². The van der Waals surface area contributed by atoms with Crippen LogP contribution in [0.4, 0.5) is 0 Å². The van der Waals surface area contributed by atoms with E-state index in [2.05, 4.69) is 0 Å². The number of ether oxygens (including phenoxy) is 1. The van der Waals surface area contributed by atoms with Crippen molar-refractivity contribution in [2.45, 2.75) is 19.8 Å². The number of rotatable bonds is 3. The van der Waals surface area contributed by atoms with Gasteiger partial charge in [0.05, 0.1) is 11.5 Å². The fourth-order valence-corrected chi connectivity index (χ4v) is 4.25. The van der Waals surface area contributed by atoms with Crippen molar-refractivity contribution in [2.24, 2.45) is 5.92 Å². The lowest BCUT2D eigenvalue weighted by molar-refractivity contribution is -0.135. The normalized spacial score (nSPS) is 21.3. The summed E-state index contributed by atoms with van der Waals surface area (Å²) in [6.45, 7) is 1.80. The average Bonchev–Trinajstić information content (AvgIpc) is 2.62. The molecule has 19 heavy (non-hydrogen) atoms. The van der Waals surface area contributed by atoms with Gasteiger partial charge in [-0.05, 0) is 43.0 Å². The van der Waals surface area contributed by atoms with Crippen LogP contribution in [0, 0.1) is 12.8 Å². The first kappa shape index (κ1) is 14.3. The Kier molecular flexibility index (Phi) is 4.16. The second-order valence-corrected chi connectivity index (χ2v) is 7.52. The zero-order valence-electron chi connectivity index (χ0n) is 10.6. The first-order valence-electron chi connectivity index (χ1n) is 6.03. The highest BCUT2D eigenvalue weighted by Gasteiger charge is 2.30. The number of hydrogen-bond donors (Lipinski definition) is 0. The molecule has 1 aromatic rings. The van der Waals surface area contributed by atoms with E-state index in [9.17, 15) is 13.2 Å². The molecule has 0 aliphatic carbocycles. The average molecular weight is 303 g/mol. The highest BCUT2D eigenvalue weighted by Crippen LogP contribution is 2.25. The predicted molar refractivity (Wildman–Crippen MR) is 73.2 cm³/mol. The first-order chi connectivity index (χ1) is 8.85. The summed E-state index contributed by atoms with van der Waals surface area (Å²) in [6, 6.07) is 5.00. The van der Waals surface area contributed by atoms with Gasteiger partial charge in [0.2, 0.25) is 0 Å². The maximum absolute atomic E-state index is 11.8. The van der Waals surface area contributed by atoms with Crippen molar-refractivity contribution in [3.8, 4) is 5.75 Å². The van der Waals surface area contributed by atoms with Crippen molar-refractivity contribution in [2.75, 3.05) is 11.5 Å². The molecule has 6 heteroatoms. The summed E-state index contributed by atoms with van der Waals surface area (Å²) in [5.41, 5.74) is 0.778. The van der Waals surface area contributed by atoms with Gasteiger partial charge in [-0.1, -0.05) is 11.6 Å². The number of esters is 1. The molecule has 1 saturated heterocycles. The van der Waals surface area contributed by atoms with Gasteiger partial charge in [0.25, 0.3) is 0 Å². The van der Waals surface area contributed by atoms with Gasteiger partial charge in [-0.25, -0.2) is 8.42 Å². The van der Waals surface area contributed by atoms with Gasteiger partial charge in [0.1, 0.15) is 5.75 Å². The SMILES string of the molecule is Cc1cc(Cl)ccc1OC(=O)CC1CCS(=O)(=O)C1. The van der Waals surface area contributed by atoms with Gasteiger partial charge in [0, 0.05) is 11.4 Å². The molecule has 1 aliphatic heterocycles. The van der Waals surface area contributed by atoms with E-state index in [-0.39, 0.29) is 23.8 Å². The Labute approximate surface area is 117 Å². The number of benzene rings is 1. The van der Waals surface area contributed by atoms with Gasteiger partial charge >= 0.3 is 5.97 Å². The number of carbonyl (C=O) groups excluding carboxylic acids is 1. The third-order valence-electron chi connectivity index (χ3n) is 3.14. The van der Waals surface area contributed by atoms with Crippen molar-refractivity contribution in [3.63, 3.8) is 0 Å². The standard InChI is InChI=1S/C13H15ClO4S/c1-9-6-11(14)2-3-12(9)18-13(15)7-10-4-5-19(16,17)8-10/h2-3,6,10H,4-5,7-8H2,1H3. The Hall–Kier alpha value is -1.07. The van der Waals surface area contributed by atoms with Crippen LogP contribution >= 0.6 is 11.6 Å². The third kappa shape index (κ3) is 3.94. The zero-order chi connectivity index (χ0) is 14.0. The molecule has 0 aromatic heterocycles. The summed E-state index contributed by atoms with van der Waals surface area (Å²) in [4.78, 5) is 11.8. The maximum atomic E-state index is 11.8. The van der Waals surface area contributed by atoms with Crippen LogP contribution in [0.15, 0.2) is 18.2 Å². The molecule has 2 rings (SSSR count). The van der Waals surface area contributed by atoms with Crippen molar-refractivity contribution < 1.29 is 17.9 Å². The van der Waals surface area contributed by atoms with E-state index < -0.39 is 15.8 Å². The summed E-state index contributed by atoms with van der Waals surface area (Å²) in [7, 11) is -2.95. The fraction of sp³-hybridized carbons (Fsp3) is 0.462. The van der Waals surface area contributed by atoms with Crippen molar-refractivity contribution >= 4 is 27.4 Å². The summed E-state index contributed by atoms with van der Waals surface area (Å²) < 4.78 is 27.8. The van der Waals surface area contributed by atoms with E-state index in [0.717, 1.165) is 5.56 Å². The van der Waals surface area contributed by atoms with E-state index in [1.807, 2.05) is 0 Å². The Morgan fingerprint density at radius 1 is 1.47 bits per heavy atom. The van der Waals surface area contributed by atoms with E-state index in [0.29, 0.717) is 17.2 Å². The quantitative estimate of drug-likeness (QED) is 0.635. The van der Waals surface area contributed by atoms with Gasteiger partial charge in [-0.3, -0.25) is 4.79 Å². The van der Waals surface area contributed by atoms with E-state index >= 15 is 0 Å². The molecule has 1 aromatic carbocycles. The molecule has 1 aliphatic rings. The molecule has 0 amide bonds. The summed E-state index contributed by atoms with van der Waals surface area (Å²) in [5, 5.41) is 0.583. The summed E-state index contributed by atoms with van der Waals surface area (Å²) >= 11 is 5.82. The molecule has 0 saturated carbocycles. The van der Waals surface area contributed by atoms with E-state index in [1.54, 1.807) is 25.1 Å². The molecule has 104 valence electrons. The highest BCUT2D eigenvalue weighted by atomic mass is 35.5. The van der Waals surface area contributed by atoms with Gasteiger partial charge in [-0.15, -0.1) is 0 Å². The lowest BCUT2D eigenvalue weighted by Gasteiger charge is -2.10. The molecule has 1 heterocycles. The van der Waals surface area contributed by atoms with E-state index in [1.165, 1.54) is 0 Å². The molecule has 0 bridgehead atoms. The molecule has 1 unspecified atom stereocenters. The minimum atomic E-state index is -2.95. The summed E-state index contributed by atoms with van der Waals surface area (Å²) in [5.74, 6) is 0.208. The van der Waals surface area contributed by atoms with Crippen LogP contribution in [0.1, 0.15) is 18.4 Å². The largest absolute Gasteiger partial charge is 0.426 e. The molecular formula is C13H15ClO4S. The fourth-order valence-electron chi connectivity index (χ4n) is 2.16. The minimum Gasteiger partial charge on any atom is -0.426 e. The van der Waals surface area contributed by atoms with Crippen molar-refractivity contribution in [1.29, 1.82) is 0 Å². The second kappa shape index (κ2) is 5.51. The Morgan fingerprint density at radius 3 is 2.79 bits per heavy atom. The van der Waals surface area contributed by atoms with Crippen LogP contribution < -0.4 is 4.74 Å². The lowest BCUT2D eigenvalue weighted by atomic mass is 10.1. The number of sulfone groups is 1. The second-order valence-electron chi connectivity index (χ2n) is 4.86. The lowest BCUT2D eigenvalue weighted by Crippen LogP contribution is -2.15. The maximum Gasteiger partial charge on any atom is 0.311 e. The Morgan fingerprint density at radius 2 is 2.21 bits per heavy atom. The molecule has 1 fully saturated rings. The minimum absolute atomic E-state index is 0.0850. The Balaban J connectivity index is 1.95. The monoisotopic (exact) mass is 302 g/mol. The molecule has 4 nitrogen and oxygen atoms in total. The Bertz CT molecular complexity index is 595. The number of aryl methyl sites for hydroxylation is 1. The summed E-state index contributed by atoms with van der Waals surface area (Å²) in [6.07, 6.45) is 0.679. The van der Waals surface area contributed by atoms with Crippen LogP contribution in [0.3, 0.4) is 0 Å². The number of hydrogen-bond acceptors (Lipinski definition) is 4. The molecule has 0 spiro atoms. The highest BCUT2D eigenvalue weighted by molar-refractivity contribution is 7.91. The van der Waals surface area contributed by atoms with Crippen LogP contribution in [0.2, 0.25) is 5.02 Å². The number of carbonyl (C=O) groups is 1. The third-order valence-corrected chi connectivity index (χ3v) is 5.21. The van der Waals surface area contributed by atoms with Crippen molar-refractivity contribution in [1.82, 2.24) is 0 Å². The van der Waals surface area contributed by atoms with Crippen molar-refractivity contribution in [3.05, 3.63) is 28.8 Å². The first-order valence-corrected chi connectivity index (χ1v) is 8.23. The molecule has 0 radical (unpaired) electrons. The molecular weight excluding hydrogens is 288 g/mol. The van der Waals surface area contributed by atoms with Gasteiger partial charge in [-0.2, -0.15) is 0 Å². The molecule has 1 atom stereocenters. The van der Waals surface area contributed by atoms with Gasteiger partial charge in [0.15, 0.2) is 9.84 Å².